The largest absolute Gasteiger partial charge is 0.390 e. The van der Waals surface area contributed by atoms with E-state index in [2.05, 4.69) is 27.8 Å². The highest BCUT2D eigenvalue weighted by Crippen LogP contribution is 2.56. The molecule has 5 N–H and O–H groups in total. The molecule has 4 aliphatic rings. The van der Waals surface area contributed by atoms with Crippen molar-refractivity contribution in [1.29, 1.82) is 0 Å². The van der Waals surface area contributed by atoms with Gasteiger partial charge in [0.15, 0.2) is 0 Å². The second kappa shape index (κ2) is 7.02. The highest BCUT2D eigenvalue weighted by atomic mass is 16.3. The molecule has 0 aliphatic heterocycles. The Hall–Kier alpha value is -2.60. The summed E-state index contributed by atoms with van der Waals surface area (Å²) >= 11 is 0. The fourth-order valence-electron chi connectivity index (χ4n) is 6.05. The summed E-state index contributed by atoms with van der Waals surface area (Å²) in [6, 6.07) is 12.3. The molecule has 4 fully saturated rings. The fraction of sp³-hybridized carbons (Fsp3) is 0.478. The van der Waals surface area contributed by atoms with Crippen LogP contribution in [0, 0.1) is 17.8 Å². The van der Waals surface area contributed by atoms with Crippen molar-refractivity contribution in [2.45, 2.75) is 50.3 Å². The molecule has 6 heteroatoms. The number of aliphatic hydroxyl groups is 1. The molecule has 4 unspecified atom stereocenters. The van der Waals surface area contributed by atoms with Crippen LogP contribution >= 0.6 is 0 Å². The van der Waals surface area contributed by atoms with Gasteiger partial charge in [-0.15, -0.1) is 0 Å². The lowest BCUT2D eigenvalue weighted by Crippen LogP contribution is -2.59. The van der Waals surface area contributed by atoms with Gasteiger partial charge in [-0.05, 0) is 55.4 Å². The van der Waals surface area contributed by atoms with Crippen molar-refractivity contribution in [3.8, 4) is 0 Å². The van der Waals surface area contributed by atoms with E-state index in [4.69, 9.17) is 5.73 Å². The molecule has 2 aromatic rings. The van der Waals surface area contributed by atoms with Gasteiger partial charge in [0.25, 0.3) is 5.91 Å². The van der Waals surface area contributed by atoms with Crippen LogP contribution in [0.4, 0.5) is 11.5 Å². The zero-order valence-corrected chi connectivity index (χ0v) is 16.5. The Balaban J connectivity index is 1.36. The van der Waals surface area contributed by atoms with Gasteiger partial charge in [-0.1, -0.05) is 30.3 Å². The van der Waals surface area contributed by atoms with E-state index < -0.39 is 11.5 Å². The number of primary amides is 1. The first-order valence-corrected chi connectivity index (χ1v) is 10.6. The molecule has 1 amide bonds. The van der Waals surface area contributed by atoms with Crippen LogP contribution in [0.15, 0.2) is 42.6 Å². The molecular weight excluding hydrogens is 364 g/mol. The van der Waals surface area contributed by atoms with Gasteiger partial charge in [-0.2, -0.15) is 0 Å². The summed E-state index contributed by atoms with van der Waals surface area (Å²) in [4.78, 5) is 16.4. The van der Waals surface area contributed by atoms with Gasteiger partial charge < -0.3 is 21.5 Å². The highest BCUT2D eigenvalue weighted by molar-refractivity contribution is 5.98. The molecule has 4 aliphatic carbocycles. The monoisotopic (exact) mass is 392 g/mol. The minimum Gasteiger partial charge on any atom is -0.390 e. The molecule has 152 valence electrons. The van der Waals surface area contributed by atoms with Gasteiger partial charge in [0, 0.05) is 24.8 Å². The van der Waals surface area contributed by atoms with E-state index in [-0.39, 0.29) is 6.04 Å². The lowest BCUT2D eigenvalue weighted by Gasteiger charge is -2.58. The van der Waals surface area contributed by atoms with Crippen molar-refractivity contribution in [3.05, 3.63) is 53.7 Å². The lowest BCUT2D eigenvalue weighted by molar-refractivity contribution is -0.129. The number of rotatable bonds is 6. The molecule has 1 aromatic heterocycles. The van der Waals surface area contributed by atoms with Crippen molar-refractivity contribution >= 4 is 17.4 Å². The molecule has 4 bridgehead atoms. The maximum absolute atomic E-state index is 12.0. The number of nitrogens with zero attached hydrogens (tertiary/aromatic N) is 1. The minimum atomic E-state index is -0.475. The van der Waals surface area contributed by atoms with Crippen molar-refractivity contribution in [2.75, 3.05) is 10.6 Å². The number of nitrogens with one attached hydrogen (secondary N) is 2. The van der Waals surface area contributed by atoms with Crippen LogP contribution in [0.1, 0.15) is 48.0 Å². The average molecular weight is 393 g/mol. The van der Waals surface area contributed by atoms with Gasteiger partial charge >= 0.3 is 0 Å². The molecule has 5 atom stereocenters. The number of carbonyl (C=O) groups is 1. The van der Waals surface area contributed by atoms with Crippen LogP contribution in [-0.2, 0) is 6.54 Å². The zero-order chi connectivity index (χ0) is 20.0. The van der Waals surface area contributed by atoms with E-state index in [0.29, 0.717) is 35.7 Å². The molecule has 0 saturated heterocycles. The first kappa shape index (κ1) is 18.4. The molecule has 6 rings (SSSR count). The summed E-state index contributed by atoms with van der Waals surface area (Å²) in [6.45, 7) is 0.659. The Bertz CT molecular complexity index is 900. The highest BCUT2D eigenvalue weighted by Gasteiger charge is 2.54. The third-order valence-electron chi connectivity index (χ3n) is 7.05. The molecule has 0 radical (unpaired) electrons. The molecule has 6 nitrogen and oxygen atoms in total. The average Bonchev–Trinajstić information content (AvgIpc) is 2.68. The normalized spacial score (nSPS) is 32.2. The van der Waals surface area contributed by atoms with Crippen LogP contribution < -0.4 is 16.4 Å². The number of amides is 1. The SMILES string of the molecule is NC(=O)c1cnc(NCc2ccccc2)cc1NC1C2CC3C[C@@H]1CC(O)(C3)C2. The number of nitrogens with two attached hydrogens (primary N) is 1. The second-order valence-electron chi connectivity index (χ2n) is 9.18. The molecule has 29 heavy (non-hydrogen) atoms. The van der Waals surface area contributed by atoms with Gasteiger partial charge in [-0.3, -0.25) is 4.79 Å². The number of pyridine rings is 1. The summed E-state index contributed by atoms with van der Waals surface area (Å²) in [5.74, 6) is 1.77. The predicted molar refractivity (Wildman–Crippen MR) is 112 cm³/mol. The van der Waals surface area contributed by atoms with E-state index >= 15 is 0 Å². The van der Waals surface area contributed by atoms with Crippen molar-refractivity contribution < 1.29 is 9.90 Å². The van der Waals surface area contributed by atoms with Crippen LogP contribution in [0.25, 0.3) is 0 Å². The number of benzene rings is 1. The van der Waals surface area contributed by atoms with Crippen molar-refractivity contribution in [1.82, 2.24) is 4.98 Å². The van der Waals surface area contributed by atoms with Gasteiger partial charge in [0.2, 0.25) is 0 Å². The number of hydrogen-bond donors (Lipinski definition) is 4. The van der Waals surface area contributed by atoms with Crippen molar-refractivity contribution in [3.63, 3.8) is 0 Å². The maximum Gasteiger partial charge on any atom is 0.252 e. The molecule has 4 saturated carbocycles. The van der Waals surface area contributed by atoms with Gasteiger partial charge in [0.1, 0.15) is 5.82 Å². The van der Waals surface area contributed by atoms with E-state index in [1.54, 1.807) is 6.20 Å². The predicted octanol–water partition coefficient (Wildman–Crippen LogP) is 3.14. The third kappa shape index (κ3) is 3.57. The first-order valence-electron chi connectivity index (χ1n) is 10.6. The lowest BCUT2D eigenvalue weighted by atomic mass is 9.52. The zero-order valence-electron chi connectivity index (χ0n) is 16.5. The van der Waals surface area contributed by atoms with Crippen molar-refractivity contribution in [2.24, 2.45) is 23.5 Å². The quantitative estimate of drug-likeness (QED) is 0.605. The second-order valence-corrected chi connectivity index (χ2v) is 9.18. The summed E-state index contributed by atoms with van der Waals surface area (Å²) < 4.78 is 0. The van der Waals surface area contributed by atoms with Crippen LogP contribution in [0.5, 0.6) is 0 Å². The van der Waals surface area contributed by atoms with Crippen LogP contribution in [0.2, 0.25) is 0 Å². The Kier molecular flexibility index (Phi) is 4.46. The van der Waals surface area contributed by atoms with Crippen LogP contribution in [0.3, 0.4) is 0 Å². The Morgan fingerprint density at radius 3 is 2.55 bits per heavy atom. The topological polar surface area (TPSA) is 100 Å². The number of anilines is 2. The minimum absolute atomic E-state index is 0.272. The number of carbonyl (C=O) groups excluding carboxylic acids is 1. The molecule has 0 spiro atoms. The molecule has 1 aromatic carbocycles. The number of aromatic nitrogens is 1. The Morgan fingerprint density at radius 2 is 1.90 bits per heavy atom. The Morgan fingerprint density at radius 1 is 1.17 bits per heavy atom. The number of hydrogen-bond acceptors (Lipinski definition) is 5. The molecular formula is C23H28N4O2. The van der Waals surface area contributed by atoms with E-state index in [9.17, 15) is 9.90 Å². The summed E-state index contributed by atoms with van der Waals surface area (Å²) in [5.41, 5.74) is 7.48. The third-order valence-corrected chi connectivity index (χ3v) is 7.05. The summed E-state index contributed by atoms with van der Waals surface area (Å²) in [5, 5.41) is 17.8. The molecule has 1 heterocycles. The maximum atomic E-state index is 12.0. The standard InChI is InChI=1S/C23H28N4O2/c24-22(28)18-13-26-20(25-12-14-4-2-1-3-5-14)8-19(18)27-21-16-6-15-7-17(21)11-23(29,9-15)10-16/h1-5,8,13,15-17,21,29H,6-7,9-12H2,(H2,24,28)(H2,25,26,27)/t15?,16-,17?,21?,23?/m1/s1. The first-order chi connectivity index (χ1) is 14.0. The van der Waals surface area contributed by atoms with Gasteiger partial charge in [-0.25, -0.2) is 4.98 Å². The van der Waals surface area contributed by atoms with Crippen LogP contribution in [-0.4, -0.2) is 27.6 Å². The van der Waals surface area contributed by atoms with Gasteiger partial charge in [0.05, 0.1) is 16.9 Å². The summed E-state index contributed by atoms with van der Waals surface area (Å²) in [7, 11) is 0. The van der Waals surface area contributed by atoms with E-state index in [1.165, 1.54) is 0 Å². The fourth-order valence-corrected chi connectivity index (χ4v) is 6.05. The van der Waals surface area contributed by atoms with E-state index in [0.717, 1.165) is 43.4 Å². The summed E-state index contributed by atoms with van der Waals surface area (Å²) in [6.07, 6.45) is 6.55. The Labute approximate surface area is 170 Å². The van der Waals surface area contributed by atoms with E-state index in [1.807, 2.05) is 24.3 Å². The smallest absolute Gasteiger partial charge is 0.252 e.